The highest BCUT2D eigenvalue weighted by molar-refractivity contribution is 6.27. The van der Waals surface area contributed by atoms with E-state index < -0.39 is 6.04 Å². The number of fused-ring (bicyclic) bond motifs is 9. The number of hydrogen-bond acceptors (Lipinski definition) is 1. The van der Waals surface area contributed by atoms with Crippen LogP contribution in [-0.4, -0.2) is 0 Å². The third kappa shape index (κ3) is 3.56. The van der Waals surface area contributed by atoms with Crippen LogP contribution in [0.1, 0.15) is 6.85 Å². The molecule has 0 aromatic heterocycles. The molecule has 45 heavy (non-hydrogen) atoms. The van der Waals surface area contributed by atoms with Gasteiger partial charge < -0.3 is 4.74 Å². The van der Waals surface area contributed by atoms with Gasteiger partial charge in [0.05, 0.1) is 6.85 Å². The Labute approximate surface area is 267 Å². The molecule has 0 aliphatic carbocycles. The van der Waals surface area contributed by atoms with E-state index in [0.717, 1.165) is 43.8 Å². The Morgan fingerprint density at radius 2 is 1.00 bits per heavy atom. The molecule has 0 N–H and O–H groups in total. The number of ether oxygens (including phenoxy) is 1. The zero-order chi connectivity index (χ0) is 33.8. The van der Waals surface area contributed by atoms with E-state index in [1.807, 2.05) is 24.3 Å². The molecule has 10 rings (SSSR count). The lowest BCUT2D eigenvalue weighted by Crippen LogP contribution is -1.98. The molecule has 1 heterocycles. The van der Waals surface area contributed by atoms with E-state index in [2.05, 4.69) is 97.1 Å². The summed E-state index contributed by atoms with van der Waals surface area (Å²) in [5.74, 6) is 1.30. The van der Waals surface area contributed by atoms with E-state index >= 15 is 0 Å². The van der Waals surface area contributed by atoms with E-state index in [1.54, 1.807) is 6.07 Å². The number of rotatable bonds is 2. The average molecular weight is 576 g/mol. The molecule has 1 nitrogen and oxygen atoms in total. The molecule has 0 saturated heterocycles. The molecule has 0 amide bonds. The lowest BCUT2D eigenvalue weighted by molar-refractivity contribution is 0.487. The molecule has 1 aliphatic rings. The van der Waals surface area contributed by atoms with Crippen molar-refractivity contribution in [3.05, 3.63) is 158 Å². The van der Waals surface area contributed by atoms with Gasteiger partial charge in [0.1, 0.15) is 11.5 Å². The molecule has 0 saturated carbocycles. The van der Waals surface area contributed by atoms with Crippen LogP contribution >= 0.6 is 0 Å². The van der Waals surface area contributed by atoms with Crippen molar-refractivity contribution in [1.29, 1.82) is 0 Å². The van der Waals surface area contributed by atoms with Crippen LogP contribution in [0.2, 0.25) is 0 Å². The second-order valence-electron chi connectivity index (χ2n) is 11.7. The molecule has 1 heteroatoms. The zero-order valence-corrected chi connectivity index (χ0v) is 24.0. The fraction of sp³-hybridized carbons (Fsp3) is 0. The highest BCUT2D eigenvalue weighted by Crippen LogP contribution is 2.51. The van der Waals surface area contributed by atoms with Crippen LogP contribution in [0, 0.1) is 0 Å². The van der Waals surface area contributed by atoms with Crippen molar-refractivity contribution >= 4 is 53.9 Å². The third-order valence-electron chi connectivity index (χ3n) is 9.30. The standard InChI is InChI=1S/C44H26O/c1-2-11-27(12-3-1)28-21-22-35-41-26-39-34-18-9-8-17-33(34)38(25-40(39)36-19-10-20-42(44(36)41)45-43(35)24-28)37-23-29-13-4-5-14-30(29)31-15-6-7-16-32(31)37/h1-26H/i1D,2D,3D,11D,12D. The maximum absolute atomic E-state index is 8.54. The summed E-state index contributed by atoms with van der Waals surface area (Å²) in [4.78, 5) is 0. The summed E-state index contributed by atoms with van der Waals surface area (Å²) in [6.45, 7) is 0. The van der Waals surface area contributed by atoms with Gasteiger partial charge in [-0.25, -0.2) is 0 Å². The van der Waals surface area contributed by atoms with Crippen molar-refractivity contribution in [3.8, 4) is 44.9 Å². The van der Waals surface area contributed by atoms with Crippen molar-refractivity contribution in [2.75, 3.05) is 0 Å². The van der Waals surface area contributed by atoms with Crippen LogP contribution in [0.5, 0.6) is 11.5 Å². The molecule has 1 aliphatic heterocycles. The Bertz CT molecular complexity index is 2940. The zero-order valence-electron chi connectivity index (χ0n) is 29.0. The summed E-state index contributed by atoms with van der Waals surface area (Å²) in [6, 6.07) is 42.9. The Morgan fingerprint density at radius 3 is 1.80 bits per heavy atom. The first-order valence-corrected chi connectivity index (χ1v) is 15.1. The summed E-state index contributed by atoms with van der Waals surface area (Å²) in [6.07, 6.45) is 0. The quantitative estimate of drug-likeness (QED) is 0.186. The van der Waals surface area contributed by atoms with Gasteiger partial charge in [0.2, 0.25) is 0 Å². The summed E-state index contributed by atoms with van der Waals surface area (Å²) in [5.41, 5.74) is 4.96. The first kappa shape index (κ1) is 20.1. The SMILES string of the molecule is [2H]c1c([2H])c([2H])c(-c2ccc3c(c2)Oc2cccc4c2c-3cc2c3ccccc3c(-c3cc5ccccc5c5ccccc35)cc42)c([2H])c1[2H]. The minimum absolute atomic E-state index is 0.157. The average Bonchev–Trinajstić information content (AvgIpc) is 3.16. The van der Waals surface area contributed by atoms with Crippen LogP contribution in [0.15, 0.2) is 158 Å². The maximum atomic E-state index is 8.54. The van der Waals surface area contributed by atoms with Crippen LogP contribution in [0.3, 0.4) is 0 Å². The van der Waals surface area contributed by atoms with Gasteiger partial charge in [-0.15, -0.1) is 0 Å². The highest BCUT2D eigenvalue weighted by atomic mass is 16.5. The molecule has 208 valence electrons. The Hall–Kier alpha value is -5.92. The monoisotopic (exact) mass is 575 g/mol. The van der Waals surface area contributed by atoms with E-state index in [0.29, 0.717) is 11.3 Å². The van der Waals surface area contributed by atoms with E-state index in [-0.39, 0.29) is 29.7 Å². The van der Waals surface area contributed by atoms with Crippen LogP contribution in [0.4, 0.5) is 0 Å². The molecule has 0 radical (unpaired) electrons. The van der Waals surface area contributed by atoms with Crippen LogP contribution in [-0.2, 0) is 0 Å². The largest absolute Gasteiger partial charge is 0.456 e. The van der Waals surface area contributed by atoms with Gasteiger partial charge in [0, 0.05) is 10.9 Å². The van der Waals surface area contributed by atoms with Gasteiger partial charge in [0.15, 0.2) is 0 Å². The van der Waals surface area contributed by atoms with E-state index in [4.69, 9.17) is 11.6 Å². The van der Waals surface area contributed by atoms with Crippen molar-refractivity contribution in [1.82, 2.24) is 0 Å². The molecule has 0 spiro atoms. The third-order valence-corrected chi connectivity index (χ3v) is 9.30. The molecule has 9 aromatic rings. The fourth-order valence-electron chi connectivity index (χ4n) is 7.32. The second-order valence-corrected chi connectivity index (χ2v) is 11.7. The lowest BCUT2D eigenvalue weighted by Gasteiger charge is -2.24. The summed E-state index contributed by atoms with van der Waals surface area (Å²) in [7, 11) is 0. The maximum Gasteiger partial charge on any atom is 0.135 e. The first-order valence-electron chi connectivity index (χ1n) is 17.6. The Morgan fingerprint density at radius 1 is 0.378 bits per heavy atom. The van der Waals surface area contributed by atoms with Gasteiger partial charge >= 0.3 is 0 Å². The highest BCUT2D eigenvalue weighted by Gasteiger charge is 2.24. The predicted octanol–water partition coefficient (Wildman–Crippen LogP) is 12.6. The van der Waals surface area contributed by atoms with Gasteiger partial charge in [-0.3, -0.25) is 0 Å². The van der Waals surface area contributed by atoms with Gasteiger partial charge in [-0.1, -0.05) is 121 Å². The first-order chi connectivity index (χ1) is 24.4. The van der Waals surface area contributed by atoms with Crippen molar-refractivity contribution in [2.24, 2.45) is 0 Å². The van der Waals surface area contributed by atoms with E-state index in [9.17, 15) is 0 Å². The Kier molecular flexibility index (Phi) is 4.15. The Balaban J connectivity index is 1.26. The fourth-order valence-corrected chi connectivity index (χ4v) is 7.32. The minimum Gasteiger partial charge on any atom is -0.456 e. The lowest BCUT2D eigenvalue weighted by atomic mass is 9.85. The van der Waals surface area contributed by atoms with Crippen LogP contribution < -0.4 is 4.74 Å². The summed E-state index contributed by atoms with van der Waals surface area (Å²) in [5, 5.41) is 11.6. The molecule has 0 fully saturated rings. The minimum atomic E-state index is -0.408. The molecule has 0 unspecified atom stereocenters. The van der Waals surface area contributed by atoms with Crippen LogP contribution in [0.25, 0.3) is 87.2 Å². The number of benzene rings is 9. The predicted molar refractivity (Wildman–Crippen MR) is 190 cm³/mol. The van der Waals surface area contributed by atoms with Crippen molar-refractivity contribution in [3.63, 3.8) is 0 Å². The number of hydrogen-bond donors (Lipinski definition) is 0. The topological polar surface area (TPSA) is 9.23 Å². The molecule has 9 aromatic carbocycles. The molecule has 0 bridgehead atoms. The summed E-state index contributed by atoms with van der Waals surface area (Å²) >= 11 is 0. The van der Waals surface area contributed by atoms with Gasteiger partial charge in [0.25, 0.3) is 0 Å². The van der Waals surface area contributed by atoms with Gasteiger partial charge in [-0.2, -0.15) is 0 Å². The van der Waals surface area contributed by atoms with Crippen molar-refractivity contribution < 1.29 is 11.6 Å². The van der Waals surface area contributed by atoms with Gasteiger partial charge in [-0.05, 0) is 113 Å². The molecular weight excluding hydrogens is 544 g/mol. The van der Waals surface area contributed by atoms with E-state index in [1.165, 1.54) is 38.1 Å². The summed E-state index contributed by atoms with van der Waals surface area (Å²) < 4.78 is 48.1. The molecular formula is C44H26O. The molecule has 0 atom stereocenters. The normalized spacial score (nSPS) is 13.7. The van der Waals surface area contributed by atoms with Crippen molar-refractivity contribution in [2.45, 2.75) is 0 Å². The smallest absolute Gasteiger partial charge is 0.135 e. The second kappa shape index (κ2) is 9.29.